The Hall–Kier alpha value is -2.14. The van der Waals surface area contributed by atoms with Crippen LogP contribution in [-0.2, 0) is 0 Å². The summed E-state index contributed by atoms with van der Waals surface area (Å²) in [5.41, 5.74) is 0.988. The van der Waals surface area contributed by atoms with Crippen molar-refractivity contribution < 1.29 is 15.0 Å². The van der Waals surface area contributed by atoms with Crippen LogP contribution in [-0.4, -0.2) is 40.9 Å². The van der Waals surface area contributed by atoms with Crippen LogP contribution in [0, 0.1) is 5.92 Å². The van der Waals surface area contributed by atoms with Crippen molar-refractivity contribution in [2.45, 2.75) is 12.8 Å². The van der Waals surface area contributed by atoms with Gasteiger partial charge in [0.1, 0.15) is 5.82 Å². The Labute approximate surface area is 122 Å². The van der Waals surface area contributed by atoms with Crippen molar-refractivity contribution in [1.29, 1.82) is 0 Å². The monoisotopic (exact) mass is 286 g/mol. The lowest BCUT2D eigenvalue weighted by molar-refractivity contribution is 0.0699. The summed E-state index contributed by atoms with van der Waals surface area (Å²) in [7, 11) is 0. The number of carboxylic acids is 1. The van der Waals surface area contributed by atoms with Gasteiger partial charge in [0.2, 0.25) is 0 Å². The molecule has 0 saturated carbocycles. The molecule has 1 aromatic carbocycles. The van der Waals surface area contributed by atoms with Crippen molar-refractivity contribution in [3.05, 3.63) is 35.9 Å². The number of hydrogen-bond acceptors (Lipinski definition) is 4. The van der Waals surface area contributed by atoms with Crippen molar-refractivity contribution in [1.82, 2.24) is 4.98 Å². The van der Waals surface area contributed by atoms with Crippen LogP contribution in [0.1, 0.15) is 23.2 Å². The van der Waals surface area contributed by atoms with E-state index < -0.39 is 5.97 Å². The van der Waals surface area contributed by atoms with E-state index >= 15 is 0 Å². The molecule has 2 aromatic rings. The standard InChI is InChI=1S/C16H18N2O3/c19-10-11-6-8-18(9-7-11)15-5-4-12-13(16(20)21)2-1-3-14(12)17-15/h1-5,11,19H,6-10H2,(H,20,21). The lowest BCUT2D eigenvalue weighted by Gasteiger charge is -2.32. The van der Waals surface area contributed by atoms with Gasteiger partial charge in [-0.1, -0.05) is 6.07 Å². The number of carboxylic acid groups (broad SMARTS) is 1. The van der Waals surface area contributed by atoms with Gasteiger partial charge in [-0.05, 0) is 43.0 Å². The van der Waals surface area contributed by atoms with Crippen LogP contribution in [0.5, 0.6) is 0 Å². The maximum atomic E-state index is 11.2. The molecule has 0 aliphatic carbocycles. The summed E-state index contributed by atoms with van der Waals surface area (Å²) < 4.78 is 0. The van der Waals surface area contributed by atoms with Gasteiger partial charge in [0, 0.05) is 25.1 Å². The minimum Gasteiger partial charge on any atom is -0.478 e. The molecule has 0 radical (unpaired) electrons. The van der Waals surface area contributed by atoms with Gasteiger partial charge in [-0.3, -0.25) is 0 Å². The normalized spacial score (nSPS) is 16.3. The van der Waals surface area contributed by atoms with Crippen molar-refractivity contribution in [2.24, 2.45) is 5.92 Å². The average molecular weight is 286 g/mol. The van der Waals surface area contributed by atoms with Gasteiger partial charge in [0.15, 0.2) is 0 Å². The van der Waals surface area contributed by atoms with Crippen LogP contribution in [0.3, 0.4) is 0 Å². The summed E-state index contributed by atoms with van der Waals surface area (Å²) in [5.74, 6) is 0.334. The zero-order valence-corrected chi connectivity index (χ0v) is 11.7. The molecule has 0 atom stereocenters. The molecule has 2 heterocycles. The molecule has 1 saturated heterocycles. The van der Waals surface area contributed by atoms with E-state index in [0.717, 1.165) is 31.7 Å². The maximum Gasteiger partial charge on any atom is 0.336 e. The molecular formula is C16H18N2O3. The number of piperidine rings is 1. The van der Waals surface area contributed by atoms with Crippen LogP contribution in [0.25, 0.3) is 10.9 Å². The van der Waals surface area contributed by atoms with E-state index in [-0.39, 0.29) is 12.2 Å². The van der Waals surface area contributed by atoms with E-state index in [1.807, 2.05) is 18.2 Å². The second-order valence-electron chi connectivity index (χ2n) is 5.46. The van der Waals surface area contributed by atoms with Gasteiger partial charge in [0.05, 0.1) is 11.1 Å². The third kappa shape index (κ3) is 2.69. The molecule has 1 aliphatic heterocycles. The fourth-order valence-electron chi connectivity index (χ4n) is 2.85. The Morgan fingerprint density at radius 1 is 1.24 bits per heavy atom. The van der Waals surface area contributed by atoms with Gasteiger partial charge < -0.3 is 15.1 Å². The highest BCUT2D eigenvalue weighted by molar-refractivity contribution is 6.02. The average Bonchev–Trinajstić information content (AvgIpc) is 2.53. The number of pyridine rings is 1. The number of fused-ring (bicyclic) bond motifs is 1. The summed E-state index contributed by atoms with van der Waals surface area (Å²) in [4.78, 5) is 18.0. The Morgan fingerprint density at radius 2 is 2.00 bits per heavy atom. The summed E-state index contributed by atoms with van der Waals surface area (Å²) >= 11 is 0. The molecule has 2 N–H and O–H groups in total. The highest BCUT2D eigenvalue weighted by Crippen LogP contribution is 2.25. The maximum absolute atomic E-state index is 11.2. The Morgan fingerprint density at radius 3 is 2.67 bits per heavy atom. The van der Waals surface area contributed by atoms with E-state index in [2.05, 4.69) is 9.88 Å². The first-order valence-electron chi connectivity index (χ1n) is 7.18. The van der Waals surface area contributed by atoms with E-state index in [0.29, 0.717) is 16.8 Å². The zero-order chi connectivity index (χ0) is 14.8. The third-order valence-electron chi connectivity index (χ3n) is 4.14. The van der Waals surface area contributed by atoms with Gasteiger partial charge in [-0.2, -0.15) is 0 Å². The zero-order valence-electron chi connectivity index (χ0n) is 11.7. The Kier molecular flexibility index (Phi) is 3.75. The minimum atomic E-state index is -0.932. The number of aromatic carboxylic acids is 1. The first kappa shape index (κ1) is 13.8. The molecule has 0 unspecified atom stereocenters. The number of hydrogen-bond donors (Lipinski definition) is 2. The molecule has 0 bridgehead atoms. The lowest BCUT2D eigenvalue weighted by Crippen LogP contribution is -2.35. The fraction of sp³-hybridized carbons (Fsp3) is 0.375. The predicted molar refractivity (Wildman–Crippen MR) is 80.7 cm³/mol. The number of benzene rings is 1. The van der Waals surface area contributed by atoms with Crippen molar-refractivity contribution in [2.75, 3.05) is 24.6 Å². The van der Waals surface area contributed by atoms with Crippen LogP contribution in [0.4, 0.5) is 5.82 Å². The molecule has 110 valence electrons. The topological polar surface area (TPSA) is 73.7 Å². The molecular weight excluding hydrogens is 268 g/mol. The molecule has 0 spiro atoms. The summed E-state index contributed by atoms with van der Waals surface area (Å²) in [6.07, 6.45) is 1.93. The number of rotatable bonds is 3. The summed E-state index contributed by atoms with van der Waals surface area (Å²) in [6.45, 7) is 2.01. The molecule has 1 aromatic heterocycles. The van der Waals surface area contributed by atoms with E-state index in [1.54, 1.807) is 12.1 Å². The quantitative estimate of drug-likeness (QED) is 0.904. The smallest absolute Gasteiger partial charge is 0.336 e. The first-order chi connectivity index (χ1) is 10.2. The molecule has 5 heteroatoms. The number of carbonyl (C=O) groups is 1. The largest absolute Gasteiger partial charge is 0.478 e. The number of nitrogens with zero attached hydrogens (tertiary/aromatic N) is 2. The predicted octanol–water partition coefficient (Wildman–Crippen LogP) is 2.14. The van der Waals surface area contributed by atoms with Gasteiger partial charge >= 0.3 is 5.97 Å². The molecule has 5 nitrogen and oxygen atoms in total. The van der Waals surface area contributed by atoms with E-state index in [4.69, 9.17) is 0 Å². The summed E-state index contributed by atoms with van der Waals surface area (Å²) in [5, 5.41) is 19.0. The fourth-order valence-corrected chi connectivity index (χ4v) is 2.85. The SMILES string of the molecule is O=C(O)c1cccc2nc(N3CCC(CO)CC3)ccc12. The van der Waals surface area contributed by atoms with Gasteiger partial charge in [-0.25, -0.2) is 9.78 Å². The molecule has 1 aliphatic rings. The molecule has 21 heavy (non-hydrogen) atoms. The van der Waals surface area contributed by atoms with Crippen molar-refractivity contribution >= 4 is 22.7 Å². The van der Waals surface area contributed by atoms with Gasteiger partial charge in [-0.15, -0.1) is 0 Å². The third-order valence-corrected chi connectivity index (χ3v) is 4.14. The number of aromatic nitrogens is 1. The lowest BCUT2D eigenvalue weighted by atomic mass is 9.98. The van der Waals surface area contributed by atoms with Crippen molar-refractivity contribution in [3.8, 4) is 0 Å². The van der Waals surface area contributed by atoms with Crippen LogP contribution in [0.2, 0.25) is 0 Å². The second-order valence-corrected chi connectivity index (χ2v) is 5.46. The van der Waals surface area contributed by atoms with Gasteiger partial charge in [0.25, 0.3) is 0 Å². The first-order valence-corrected chi connectivity index (χ1v) is 7.18. The second kappa shape index (κ2) is 5.69. The molecule has 0 amide bonds. The number of aliphatic hydroxyl groups is 1. The minimum absolute atomic E-state index is 0.251. The Balaban J connectivity index is 1.90. The van der Waals surface area contributed by atoms with E-state index in [1.165, 1.54) is 0 Å². The molecule has 1 fully saturated rings. The highest BCUT2D eigenvalue weighted by Gasteiger charge is 2.20. The highest BCUT2D eigenvalue weighted by atomic mass is 16.4. The summed E-state index contributed by atoms with van der Waals surface area (Å²) in [6, 6.07) is 8.87. The molecule has 3 rings (SSSR count). The van der Waals surface area contributed by atoms with Crippen LogP contribution >= 0.6 is 0 Å². The van der Waals surface area contributed by atoms with E-state index in [9.17, 15) is 15.0 Å². The number of aliphatic hydroxyl groups excluding tert-OH is 1. The number of anilines is 1. The Bertz CT molecular complexity index is 664. The van der Waals surface area contributed by atoms with Crippen LogP contribution in [0.15, 0.2) is 30.3 Å². The van der Waals surface area contributed by atoms with Crippen LogP contribution < -0.4 is 4.90 Å². The van der Waals surface area contributed by atoms with Crippen molar-refractivity contribution in [3.63, 3.8) is 0 Å².